The van der Waals surface area contributed by atoms with Crippen LogP contribution in [0, 0.1) is 6.92 Å². The monoisotopic (exact) mass is 373 g/mol. The summed E-state index contributed by atoms with van der Waals surface area (Å²) < 4.78 is 1.71. The van der Waals surface area contributed by atoms with Gasteiger partial charge in [0.2, 0.25) is 5.78 Å². The molecule has 0 aliphatic carbocycles. The molecule has 0 unspecified atom stereocenters. The molecule has 5 heteroatoms. The van der Waals surface area contributed by atoms with Gasteiger partial charge in [0, 0.05) is 10.6 Å². The zero-order valence-electron chi connectivity index (χ0n) is 14.6. The lowest BCUT2D eigenvalue weighted by Crippen LogP contribution is -2.22. The molecule has 0 spiro atoms. The van der Waals surface area contributed by atoms with Crippen LogP contribution < -0.4 is 0 Å². The highest BCUT2D eigenvalue weighted by Crippen LogP contribution is 2.21. The summed E-state index contributed by atoms with van der Waals surface area (Å²) in [5.74, 6) is 0.111. The number of carbonyl (C=O) groups excluding carboxylic acids is 1. The van der Waals surface area contributed by atoms with Crippen LogP contribution in [0.25, 0.3) is 11.0 Å². The van der Waals surface area contributed by atoms with E-state index in [1.54, 1.807) is 35.2 Å². The van der Waals surface area contributed by atoms with Gasteiger partial charge in [-0.05, 0) is 37.3 Å². The highest BCUT2D eigenvalue weighted by atomic mass is 35.5. The van der Waals surface area contributed by atoms with Crippen LogP contribution in [-0.4, -0.2) is 21.2 Å². The molecule has 1 heterocycles. The fourth-order valence-electron chi connectivity index (χ4n) is 2.83. The summed E-state index contributed by atoms with van der Waals surface area (Å²) in [6.45, 7) is 2.01. The van der Waals surface area contributed by atoms with Crippen LogP contribution in [0.1, 0.15) is 15.9 Å². The smallest absolute Gasteiger partial charge is 0.228 e. The Bertz CT molecular complexity index is 1150. The van der Waals surface area contributed by atoms with Gasteiger partial charge < -0.3 is 0 Å². The average molecular weight is 374 g/mol. The number of rotatable bonds is 3. The minimum atomic E-state index is -0.176. The number of aliphatic imine (C=N–C) groups is 1. The number of aryl methyl sites for hydroxylation is 1. The topological polar surface area (TPSA) is 47.2 Å². The van der Waals surface area contributed by atoms with Gasteiger partial charge in [-0.3, -0.25) is 9.36 Å². The highest BCUT2D eigenvalue weighted by Gasteiger charge is 2.19. The number of aromatic nitrogens is 2. The van der Waals surface area contributed by atoms with E-state index >= 15 is 0 Å². The van der Waals surface area contributed by atoms with Crippen molar-refractivity contribution in [2.24, 2.45) is 4.99 Å². The first-order valence-corrected chi connectivity index (χ1v) is 8.88. The fraction of sp³-hybridized carbons (Fsp3) is 0.0455. The third-order valence-corrected chi connectivity index (χ3v) is 4.48. The van der Waals surface area contributed by atoms with Crippen LogP contribution in [0.4, 0.5) is 5.69 Å². The Morgan fingerprint density at radius 2 is 1.74 bits per heavy atom. The molecule has 0 aliphatic rings. The van der Waals surface area contributed by atoms with E-state index in [0.29, 0.717) is 21.8 Å². The van der Waals surface area contributed by atoms with Crippen LogP contribution in [0.5, 0.6) is 0 Å². The maximum atomic E-state index is 13.2. The van der Waals surface area contributed by atoms with Gasteiger partial charge in [-0.1, -0.05) is 59.6 Å². The summed E-state index contributed by atoms with van der Waals surface area (Å²) >= 11 is 6.06. The standard InChI is InChI=1S/C22H16ClN3O/c1-15-7-10-18(11-8-15)25-22(21(27)16-5-3-2-4-6-16)26-14-24-19-13-17(23)9-12-20(19)26/h2-14H,1H3. The van der Waals surface area contributed by atoms with E-state index in [2.05, 4.69) is 9.98 Å². The number of nitrogens with zero attached hydrogens (tertiary/aromatic N) is 3. The van der Waals surface area contributed by atoms with Gasteiger partial charge in [0.05, 0.1) is 16.7 Å². The SMILES string of the molecule is Cc1ccc(N=C(C(=O)c2ccccc2)n2cnc3cc(Cl)ccc32)cc1. The second kappa shape index (κ2) is 7.17. The van der Waals surface area contributed by atoms with Crippen molar-refractivity contribution in [2.45, 2.75) is 6.92 Å². The van der Waals surface area contributed by atoms with E-state index < -0.39 is 0 Å². The van der Waals surface area contributed by atoms with Crippen molar-refractivity contribution in [3.63, 3.8) is 0 Å². The van der Waals surface area contributed by atoms with Crippen LogP contribution in [0.3, 0.4) is 0 Å². The van der Waals surface area contributed by atoms with Crippen LogP contribution in [-0.2, 0) is 0 Å². The van der Waals surface area contributed by atoms with E-state index in [1.807, 2.05) is 55.5 Å². The molecule has 132 valence electrons. The number of hydrogen-bond donors (Lipinski definition) is 0. The van der Waals surface area contributed by atoms with Crippen LogP contribution >= 0.6 is 11.6 Å². The molecular weight excluding hydrogens is 358 g/mol. The molecule has 0 N–H and O–H groups in total. The van der Waals surface area contributed by atoms with Crippen molar-refractivity contribution in [1.82, 2.24) is 9.55 Å². The number of ketones is 1. The minimum Gasteiger partial charge on any atom is -0.285 e. The number of carbonyl (C=O) groups is 1. The Labute approximate surface area is 161 Å². The molecular formula is C22H16ClN3O. The first-order chi connectivity index (χ1) is 13.1. The number of imidazole rings is 1. The lowest BCUT2D eigenvalue weighted by atomic mass is 10.1. The summed E-state index contributed by atoms with van der Waals surface area (Å²) in [4.78, 5) is 22.2. The van der Waals surface area contributed by atoms with Crippen LogP contribution in [0.15, 0.2) is 84.1 Å². The lowest BCUT2D eigenvalue weighted by molar-refractivity contribution is 0.106. The van der Waals surface area contributed by atoms with Gasteiger partial charge in [0.15, 0.2) is 5.84 Å². The van der Waals surface area contributed by atoms with Gasteiger partial charge >= 0.3 is 0 Å². The molecule has 0 bridgehead atoms. The number of fused-ring (bicyclic) bond motifs is 1. The highest BCUT2D eigenvalue weighted by molar-refractivity contribution is 6.46. The Morgan fingerprint density at radius 1 is 1.00 bits per heavy atom. The number of hydrogen-bond acceptors (Lipinski definition) is 3. The maximum absolute atomic E-state index is 13.2. The number of halogens is 1. The second-order valence-corrected chi connectivity index (χ2v) is 6.65. The van der Waals surface area contributed by atoms with Crippen LogP contribution in [0.2, 0.25) is 5.02 Å². The molecule has 0 atom stereocenters. The molecule has 0 amide bonds. The molecule has 27 heavy (non-hydrogen) atoms. The van der Waals surface area contributed by atoms with E-state index in [-0.39, 0.29) is 11.6 Å². The second-order valence-electron chi connectivity index (χ2n) is 6.21. The van der Waals surface area contributed by atoms with Crippen molar-refractivity contribution >= 4 is 39.9 Å². The normalized spacial score (nSPS) is 11.7. The van der Waals surface area contributed by atoms with Crippen molar-refractivity contribution in [2.75, 3.05) is 0 Å². The van der Waals surface area contributed by atoms with E-state index in [4.69, 9.17) is 11.6 Å². The van der Waals surface area contributed by atoms with Crippen molar-refractivity contribution in [3.05, 3.63) is 95.3 Å². The third-order valence-electron chi connectivity index (χ3n) is 4.25. The molecule has 0 radical (unpaired) electrons. The summed E-state index contributed by atoms with van der Waals surface area (Å²) in [5, 5.41) is 0.596. The van der Waals surface area contributed by atoms with Crippen molar-refractivity contribution in [3.8, 4) is 0 Å². The lowest BCUT2D eigenvalue weighted by Gasteiger charge is -2.09. The molecule has 4 nitrogen and oxygen atoms in total. The average Bonchev–Trinajstić information content (AvgIpc) is 3.10. The Kier molecular flexibility index (Phi) is 4.57. The van der Waals surface area contributed by atoms with Gasteiger partial charge in [-0.15, -0.1) is 0 Å². The van der Waals surface area contributed by atoms with E-state index in [1.165, 1.54) is 0 Å². The quantitative estimate of drug-likeness (QED) is 0.272. The van der Waals surface area contributed by atoms with Gasteiger partial charge in [0.25, 0.3) is 0 Å². The van der Waals surface area contributed by atoms with Gasteiger partial charge in [0.1, 0.15) is 6.33 Å². The summed E-state index contributed by atoms with van der Waals surface area (Å²) in [6, 6.07) is 22.2. The molecule has 4 aromatic rings. The predicted molar refractivity (Wildman–Crippen MR) is 109 cm³/mol. The Morgan fingerprint density at radius 3 is 2.48 bits per heavy atom. The molecule has 0 fully saturated rings. The minimum absolute atomic E-state index is 0.176. The first-order valence-electron chi connectivity index (χ1n) is 8.50. The van der Waals surface area contributed by atoms with E-state index in [0.717, 1.165) is 11.1 Å². The molecule has 0 aliphatic heterocycles. The number of Topliss-reactive ketones (excluding diaryl/α,β-unsaturated/α-hetero) is 1. The summed E-state index contributed by atoms with van der Waals surface area (Å²) in [6.07, 6.45) is 1.61. The maximum Gasteiger partial charge on any atom is 0.228 e. The Hall–Kier alpha value is -3.24. The molecule has 0 saturated carbocycles. The van der Waals surface area contributed by atoms with E-state index in [9.17, 15) is 4.79 Å². The predicted octanol–water partition coefficient (Wildman–Crippen LogP) is 5.46. The summed E-state index contributed by atoms with van der Waals surface area (Å²) in [5.41, 5.74) is 3.89. The zero-order chi connectivity index (χ0) is 18.8. The van der Waals surface area contributed by atoms with Crippen molar-refractivity contribution < 1.29 is 4.79 Å². The fourth-order valence-corrected chi connectivity index (χ4v) is 3.00. The number of benzene rings is 3. The zero-order valence-corrected chi connectivity index (χ0v) is 15.4. The molecule has 3 aromatic carbocycles. The molecule has 0 saturated heterocycles. The Balaban J connectivity index is 1.89. The molecule has 1 aromatic heterocycles. The molecule has 4 rings (SSSR count). The van der Waals surface area contributed by atoms with Crippen molar-refractivity contribution in [1.29, 1.82) is 0 Å². The first kappa shape index (κ1) is 17.2. The van der Waals surface area contributed by atoms with Gasteiger partial charge in [-0.25, -0.2) is 9.98 Å². The third kappa shape index (κ3) is 3.52. The van der Waals surface area contributed by atoms with Gasteiger partial charge in [-0.2, -0.15) is 0 Å². The summed E-state index contributed by atoms with van der Waals surface area (Å²) in [7, 11) is 0. The largest absolute Gasteiger partial charge is 0.285 e.